The van der Waals surface area contributed by atoms with Crippen LogP contribution in [0.4, 0.5) is 0 Å². The highest BCUT2D eigenvalue weighted by Gasteiger charge is 2.06. The minimum atomic E-state index is 0.327. The van der Waals surface area contributed by atoms with E-state index >= 15 is 0 Å². The molecule has 2 nitrogen and oxygen atoms in total. The van der Waals surface area contributed by atoms with Gasteiger partial charge >= 0.3 is 0 Å². The minimum absolute atomic E-state index is 0.327. The molecule has 14 heavy (non-hydrogen) atoms. The Hall–Kier alpha value is -1.02. The number of aromatic hydroxyl groups is 1. The van der Waals surface area contributed by atoms with Crippen molar-refractivity contribution in [1.82, 2.24) is 0 Å². The van der Waals surface area contributed by atoms with Gasteiger partial charge in [0, 0.05) is 0 Å². The van der Waals surface area contributed by atoms with Crippen molar-refractivity contribution in [3.63, 3.8) is 0 Å². The molecule has 2 heteroatoms. The molecule has 0 heterocycles. The van der Waals surface area contributed by atoms with Crippen LogP contribution in [0.5, 0.6) is 5.75 Å². The largest absolute Gasteiger partial charge is 0.508 e. The molecule has 1 aromatic carbocycles. The molecule has 1 rings (SSSR count). The van der Waals surface area contributed by atoms with Crippen LogP contribution in [0.1, 0.15) is 25.3 Å². The van der Waals surface area contributed by atoms with E-state index in [1.807, 2.05) is 12.1 Å². The number of hydrogen-bond donors (Lipinski definition) is 2. The lowest BCUT2D eigenvalue weighted by Crippen LogP contribution is -2.16. The van der Waals surface area contributed by atoms with Gasteiger partial charge in [0.2, 0.25) is 0 Å². The molecule has 0 spiro atoms. The summed E-state index contributed by atoms with van der Waals surface area (Å²) in [6.45, 7) is 2.92. The van der Waals surface area contributed by atoms with Crippen molar-refractivity contribution in [2.24, 2.45) is 11.7 Å². The molecule has 0 aromatic heterocycles. The highest BCUT2D eigenvalue weighted by molar-refractivity contribution is 5.26. The molecule has 1 aromatic rings. The maximum atomic E-state index is 9.13. The van der Waals surface area contributed by atoms with E-state index in [1.54, 1.807) is 12.1 Å². The van der Waals surface area contributed by atoms with Gasteiger partial charge in [0.25, 0.3) is 0 Å². The van der Waals surface area contributed by atoms with Crippen molar-refractivity contribution >= 4 is 0 Å². The Morgan fingerprint density at radius 1 is 1.29 bits per heavy atom. The van der Waals surface area contributed by atoms with Crippen LogP contribution < -0.4 is 5.73 Å². The Balaban J connectivity index is 2.53. The second kappa shape index (κ2) is 5.66. The van der Waals surface area contributed by atoms with Crippen molar-refractivity contribution in [2.45, 2.75) is 26.2 Å². The van der Waals surface area contributed by atoms with Crippen LogP contribution >= 0.6 is 0 Å². The number of nitrogens with two attached hydrogens (primary N) is 1. The van der Waals surface area contributed by atoms with Crippen molar-refractivity contribution in [1.29, 1.82) is 0 Å². The molecular weight excluding hydrogens is 174 g/mol. The minimum Gasteiger partial charge on any atom is -0.508 e. The molecule has 78 valence electrons. The fourth-order valence-corrected chi connectivity index (χ4v) is 1.68. The van der Waals surface area contributed by atoms with Gasteiger partial charge in [-0.2, -0.15) is 0 Å². The van der Waals surface area contributed by atoms with E-state index < -0.39 is 0 Å². The summed E-state index contributed by atoms with van der Waals surface area (Å²) in [5.74, 6) is 0.901. The smallest absolute Gasteiger partial charge is 0.115 e. The first-order chi connectivity index (χ1) is 6.76. The van der Waals surface area contributed by atoms with E-state index in [9.17, 15) is 0 Å². The van der Waals surface area contributed by atoms with Crippen molar-refractivity contribution in [3.8, 4) is 5.75 Å². The Morgan fingerprint density at radius 2 is 1.93 bits per heavy atom. The second-order valence-electron chi connectivity index (χ2n) is 3.76. The third-order valence-electron chi connectivity index (χ3n) is 2.49. The molecule has 0 aliphatic heterocycles. The molecule has 0 aliphatic carbocycles. The van der Waals surface area contributed by atoms with Crippen molar-refractivity contribution in [3.05, 3.63) is 29.8 Å². The van der Waals surface area contributed by atoms with Gasteiger partial charge in [-0.05, 0) is 43.0 Å². The lowest BCUT2D eigenvalue weighted by atomic mass is 9.95. The molecule has 0 saturated heterocycles. The molecule has 0 aliphatic rings. The Bertz CT molecular complexity index is 256. The van der Waals surface area contributed by atoms with Crippen LogP contribution in [-0.4, -0.2) is 11.7 Å². The topological polar surface area (TPSA) is 46.2 Å². The van der Waals surface area contributed by atoms with Crippen LogP contribution in [0, 0.1) is 5.92 Å². The van der Waals surface area contributed by atoms with Crippen LogP contribution in [0.25, 0.3) is 0 Å². The maximum absolute atomic E-state index is 9.13. The summed E-state index contributed by atoms with van der Waals surface area (Å²) in [5, 5.41) is 9.13. The molecule has 1 atom stereocenters. The molecule has 0 radical (unpaired) electrons. The summed E-state index contributed by atoms with van der Waals surface area (Å²) in [7, 11) is 0. The van der Waals surface area contributed by atoms with E-state index in [0.717, 1.165) is 13.0 Å². The molecular formula is C12H19NO. The van der Waals surface area contributed by atoms with E-state index in [4.69, 9.17) is 10.8 Å². The molecule has 1 unspecified atom stereocenters. The van der Waals surface area contributed by atoms with Crippen molar-refractivity contribution < 1.29 is 5.11 Å². The maximum Gasteiger partial charge on any atom is 0.115 e. The zero-order valence-electron chi connectivity index (χ0n) is 8.74. The standard InChI is InChI=1S/C12H19NO/c1-2-3-11(9-13)8-10-4-6-12(14)7-5-10/h4-7,11,14H,2-3,8-9,13H2,1H3. The summed E-state index contributed by atoms with van der Waals surface area (Å²) >= 11 is 0. The molecule has 0 bridgehead atoms. The van der Waals surface area contributed by atoms with Gasteiger partial charge in [-0.3, -0.25) is 0 Å². The van der Waals surface area contributed by atoms with Gasteiger partial charge in [-0.1, -0.05) is 25.5 Å². The van der Waals surface area contributed by atoms with Gasteiger partial charge < -0.3 is 10.8 Å². The summed E-state index contributed by atoms with van der Waals surface area (Å²) in [6.07, 6.45) is 3.38. The number of hydrogen-bond acceptors (Lipinski definition) is 2. The Morgan fingerprint density at radius 3 is 2.43 bits per heavy atom. The average Bonchev–Trinajstić information content (AvgIpc) is 2.20. The monoisotopic (exact) mass is 193 g/mol. The van der Waals surface area contributed by atoms with Gasteiger partial charge in [0.1, 0.15) is 5.75 Å². The lowest BCUT2D eigenvalue weighted by molar-refractivity contribution is 0.472. The number of benzene rings is 1. The molecule has 0 amide bonds. The summed E-state index contributed by atoms with van der Waals surface area (Å²) in [5.41, 5.74) is 6.94. The first-order valence-electron chi connectivity index (χ1n) is 5.24. The fourth-order valence-electron chi connectivity index (χ4n) is 1.68. The second-order valence-corrected chi connectivity index (χ2v) is 3.76. The predicted molar refractivity (Wildman–Crippen MR) is 59.3 cm³/mol. The van der Waals surface area contributed by atoms with E-state index in [0.29, 0.717) is 11.7 Å². The summed E-state index contributed by atoms with van der Waals surface area (Å²) in [6, 6.07) is 7.39. The van der Waals surface area contributed by atoms with Crippen LogP contribution in [-0.2, 0) is 6.42 Å². The van der Waals surface area contributed by atoms with Crippen LogP contribution in [0.15, 0.2) is 24.3 Å². The molecule has 3 N–H and O–H groups in total. The van der Waals surface area contributed by atoms with Crippen molar-refractivity contribution in [2.75, 3.05) is 6.54 Å². The summed E-state index contributed by atoms with van der Waals surface area (Å²) in [4.78, 5) is 0. The van der Waals surface area contributed by atoms with E-state index in [2.05, 4.69) is 6.92 Å². The van der Waals surface area contributed by atoms with Crippen LogP contribution in [0.3, 0.4) is 0 Å². The SMILES string of the molecule is CCCC(CN)Cc1ccc(O)cc1. The van der Waals surface area contributed by atoms with Gasteiger partial charge in [0.15, 0.2) is 0 Å². The average molecular weight is 193 g/mol. The zero-order valence-corrected chi connectivity index (χ0v) is 8.74. The Kier molecular flexibility index (Phi) is 4.47. The fraction of sp³-hybridized carbons (Fsp3) is 0.500. The molecule has 0 fully saturated rings. The molecule has 0 saturated carbocycles. The first-order valence-corrected chi connectivity index (χ1v) is 5.24. The number of rotatable bonds is 5. The highest BCUT2D eigenvalue weighted by atomic mass is 16.3. The number of phenols is 1. The van der Waals surface area contributed by atoms with Gasteiger partial charge in [-0.25, -0.2) is 0 Å². The zero-order chi connectivity index (χ0) is 10.4. The van der Waals surface area contributed by atoms with Gasteiger partial charge in [0.05, 0.1) is 0 Å². The highest BCUT2D eigenvalue weighted by Crippen LogP contribution is 2.15. The first kappa shape index (κ1) is 11.1. The lowest BCUT2D eigenvalue weighted by Gasteiger charge is -2.13. The van der Waals surface area contributed by atoms with E-state index in [1.165, 1.54) is 18.4 Å². The third kappa shape index (κ3) is 3.38. The third-order valence-corrected chi connectivity index (χ3v) is 2.49. The van der Waals surface area contributed by atoms with Gasteiger partial charge in [-0.15, -0.1) is 0 Å². The van der Waals surface area contributed by atoms with Crippen LogP contribution in [0.2, 0.25) is 0 Å². The number of phenolic OH excluding ortho intramolecular Hbond substituents is 1. The normalized spacial score (nSPS) is 12.7. The quantitative estimate of drug-likeness (QED) is 0.753. The Labute approximate surface area is 85.8 Å². The van der Waals surface area contributed by atoms with E-state index in [-0.39, 0.29) is 0 Å². The predicted octanol–water partition coefficient (Wildman–Crippen LogP) is 2.31. The summed E-state index contributed by atoms with van der Waals surface area (Å²) < 4.78 is 0.